The third kappa shape index (κ3) is 4.73. The van der Waals surface area contributed by atoms with Crippen molar-refractivity contribution in [2.24, 2.45) is 0 Å². The van der Waals surface area contributed by atoms with E-state index in [1.54, 1.807) is 7.11 Å². The van der Waals surface area contributed by atoms with Crippen molar-refractivity contribution in [3.8, 4) is 11.5 Å². The maximum atomic E-state index is 10.4. The van der Waals surface area contributed by atoms with Crippen molar-refractivity contribution in [1.82, 2.24) is 5.32 Å². The molecule has 0 spiro atoms. The van der Waals surface area contributed by atoms with Gasteiger partial charge in [-0.2, -0.15) is 0 Å². The van der Waals surface area contributed by atoms with Crippen LogP contribution in [0.3, 0.4) is 0 Å². The summed E-state index contributed by atoms with van der Waals surface area (Å²) in [6.07, 6.45) is -0.469. The number of nitrogens with one attached hydrogen (secondary N) is 1. The summed E-state index contributed by atoms with van der Waals surface area (Å²) in [4.78, 5) is 0. The number of rotatable bonds is 8. The quantitative estimate of drug-likeness (QED) is 0.777. The van der Waals surface area contributed by atoms with Crippen LogP contribution in [-0.4, -0.2) is 24.9 Å². The minimum Gasteiger partial charge on any atom is -0.493 e. The van der Waals surface area contributed by atoms with Gasteiger partial charge in [0.05, 0.1) is 19.3 Å². The number of ether oxygens (including phenoxy) is 2. The van der Waals surface area contributed by atoms with Gasteiger partial charge in [0.2, 0.25) is 0 Å². The van der Waals surface area contributed by atoms with Crippen LogP contribution < -0.4 is 14.8 Å². The Bertz CT molecular complexity index is 655. The number of hydrogen-bond donors (Lipinski definition) is 2. The van der Waals surface area contributed by atoms with Crippen LogP contribution in [0.25, 0.3) is 0 Å². The molecule has 24 heavy (non-hydrogen) atoms. The molecule has 2 aromatic rings. The molecule has 0 radical (unpaired) electrons. The van der Waals surface area contributed by atoms with Gasteiger partial charge in [-0.15, -0.1) is 0 Å². The van der Waals surface area contributed by atoms with Gasteiger partial charge < -0.3 is 19.9 Å². The van der Waals surface area contributed by atoms with E-state index in [2.05, 4.69) is 5.32 Å². The second kappa shape index (κ2) is 8.71. The molecule has 130 valence electrons. The molecule has 1 unspecified atom stereocenters. The summed E-state index contributed by atoms with van der Waals surface area (Å²) < 4.78 is 11.3. The fourth-order valence-corrected chi connectivity index (χ4v) is 2.64. The molecule has 0 aliphatic heterocycles. The van der Waals surface area contributed by atoms with Crippen LogP contribution in [0.2, 0.25) is 0 Å². The zero-order valence-electron chi connectivity index (χ0n) is 14.9. The highest BCUT2D eigenvalue weighted by molar-refractivity contribution is 5.46. The number of benzene rings is 2. The summed E-state index contributed by atoms with van der Waals surface area (Å²) in [5.41, 5.74) is 3.06. The van der Waals surface area contributed by atoms with E-state index in [0.717, 1.165) is 28.2 Å². The van der Waals surface area contributed by atoms with Crippen molar-refractivity contribution in [2.45, 2.75) is 39.5 Å². The van der Waals surface area contributed by atoms with E-state index < -0.39 is 6.10 Å². The first-order valence-corrected chi connectivity index (χ1v) is 8.29. The zero-order valence-corrected chi connectivity index (χ0v) is 14.9. The highest BCUT2D eigenvalue weighted by atomic mass is 16.5. The summed E-state index contributed by atoms with van der Waals surface area (Å²) in [7, 11) is 1.64. The van der Waals surface area contributed by atoms with Gasteiger partial charge >= 0.3 is 0 Å². The van der Waals surface area contributed by atoms with Crippen LogP contribution in [-0.2, 0) is 6.54 Å². The smallest absolute Gasteiger partial charge is 0.166 e. The Morgan fingerprint density at radius 3 is 2.50 bits per heavy atom. The highest BCUT2D eigenvalue weighted by Crippen LogP contribution is 2.32. The summed E-state index contributed by atoms with van der Waals surface area (Å²) in [5, 5.41) is 13.7. The Hall–Kier alpha value is -2.04. The summed E-state index contributed by atoms with van der Waals surface area (Å²) in [6, 6.07) is 13.7. The SMILES string of the molecule is COc1cccc(CNCC(O)c2ccccc2C)c1OC(C)C. The molecular formula is C20H27NO3. The molecule has 0 fully saturated rings. The predicted octanol–water partition coefficient (Wildman–Crippen LogP) is 3.61. The third-order valence-electron chi connectivity index (χ3n) is 3.83. The van der Waals surface area contributed by atoms with Crippen LogP contribution in [0, 0.1) is 6.92 Å². The van der Waals surface area contributed by atoms with Crippen molar-refractivity contribution in [3.63, 3.8) is 0 Å². The average Bonchev–Trinajstić information content (AvgIpc) is 2.56. The Morgan fingerprint density at radius 2 is 1.83 bits per heavy atom. The second-order valence-corrected chi connectivity index (χ2v) is 6.12. The van der Waals surface area contributed by atoms with Crippen LogP contribution in [0.1, 0.15) is 36.6 Å². The fourth-order valence-electron chi connectivity index (χ4n) is 2.64. The summed E-state index contributed by atoms with van der Waals surface area (Å²) >= 11 is 0. The van der Waals surface area contributed by atoms with E-state index >= 15 is 0 Å². The number of para-hydroxylation sites is 1. The van der Waals surface area contributed by atoms with Crippen molar-refractivity contribution in [2.75, 3.05) is 13.7 Å². The van der Waals surface area contributed by atoms with Gasteiger partial charge in [-0.05, 0) is 38.0 Å². The number of aliphatic hydroxyl groups is 1. The normalized spacial score (nSPS) is 12.2. The predicted molar refractivity (Wildman–Crippen MR) is 96.6 cm³/mol. The molecule has 0 saturated carbocycles. The standard InChI is InChI=1S/C20H27NO3/c1-14(2)24-20-16(9-7-11-19(20)23-4)12-21-13-18(22)17-10-6-5-8-15(17)3/h5-11,14,18,21-22H,12-13H2,1-4H3. The molecule has 1 atom stereocenters. The number of aliphatic hydroxyl groups excluding tert-OH is 1. The van der Waals surface area contributed by atoms with E-state index in [0.29, 0.717) is 13.1 Å². The number of hydrogen-bond acceptors (Lipinski definition) is 4. The highest BCUT2D eigenvalue weighted by Gasteiger charge is 2.13. The molecular weight excluding hydrogens is 302 g/mol. The van der Waals surface area contributed by atoms with Gasteiger partial charge in [-0.25, -0.2) is 0 Å². The molecule has 4 nitrogen and oxygen atoms in total. The molecule has 4 heteroatoms. The monoisotopic (exact) mass is 329 g/mol. The minimum absolute atomic E-state index is 0.0672. The lowest BCUT2D eigenvalue weighted by Gasteiger charge is -2.19. The molecule has 0 aliphatic rings. The van der Waals surface area contributed by atoms with E-state index in [1.165, 1.54) is 0 Å². The average molecular weight is 329 g/mol. The lowest BCUT2D eigenvalue weighted by molar-refractivity contribution is 0.173. The lowest BCUT2D eigenvalue weighted by atomic mass is 10.0. The first-order chi connectivity index (χ1) is 11.5. The maximum Gasteiger partial charge on any atom is 0.166 e. The van der Waals surface area contributed by atoms with E-state index in [1.807, 2.05) is 63.2 Å². The summed E-state index contributed by atoms with van der Waals surface area (Å²) in [5.74, 6) is 1.48. The molecule has 2 N–H and O–H groups in total. The van der Waals surface area contributed by atoms with Crippen molar-refractivity contribution >= 4 is 0 Å². The first kappa shape index (κ1) is 18.3. The Balaban J connectivity index is 2.03. The number of aryl methyl sites for hydroxylation is 1. The van der Waals surface area contributed by atoms with Crippen LogP contribution in [0.5, 0.6) is 11.5 Å². The van der Waals surface area contributed by atoms with Gasteiger partial charge in [0, 0.05) is 18.7 Å². The lowest BCUT2D eigenvalue weighted by Crippen LogP contribution is -2.22. The Labute approximate surface area is 144 Å². The van der Waals surface area contributed by atoms with Gasteiger partial charge in [0.15, 0.2) is 11.5 Å². The molecule has 0 amide bonds. The number of methoxy groups -OCH3 is 1. The summed E-state index contributed by atoms with van der Waals surface area (Å²) in [6.45, 7) is 7.07. The molecule has 2 rings (SSSR count). The molecule has 0 aromatic heterocycles. The van der Waals surface area contributed by atoms with Gasteiger partial charge in [0.1, 0.15) is 0 Å². The Kier molecular flexibility index (Phi) is 6.64. The molecule has 2 aromatic carbocycles. The molecule has 0 aliphatic carbocycles. The van der Waals surface area contributed by atoms with Gasteiger partial charge in [-0.1, -0.05) is 36.4 Å². The third-order valence-corrected chi connectivity index (χ3v) is 3.83. The Morgan fingerprint density at radius 1 is 1.08 bits per heavy atom. The van der Waals surface area contributed by atoms with Gasteiger partial charge in [-0.3, -0.25) is 0 Å². The largest absolute Gasteiger partial charge is 0.493 e. The van der Waals surface area contributed by atoms with E-state index in [-0.39, 0.29) is 6.10 Å². The molecule has 0 bridgehead atoms. The second-order valence-electron chi connectivity index (χ2n) is 6.12. The van der Waals surface area contributed by atoms with Crippen LogP contribution in [0.15, 0.2) is 42.5 Å². The van der Waals surface area contributed by atoms with E-state index in [9.17, 15) is 5.11 Å². The fraction of sp³-hybridized carbons (Fsp3) is 0.400. The van der Waals surface area contributed by atoms with Gasteiger partial charge in [0.25, 0.3) is 0 Å². The van der Waals surface area contributed by atoms with E-state index in [4.69, 9.17) is 9.47 Å². The minimum atomic E-state index is -0.536. The van der Waals surface area contributed by atoms with Crippen molar-refractivity contribution in [3.05, 3.63) is 59.2 Å². The molecule has 0 saturated heterocycles. The van der Waals surface area contributed by atoms with Crippen LogP contribution >= 0.6 is 0 Å². The van der Waals surface area contributed by atoms with Crippen molar-refractivity contribution in [1.29, 1.82) is 0 Å². The van der Waals surface area contributed by atoms with Crippen LogP contribution in [0.4, 0.5) is 0 Å². The maximum absolute atomic E-state index is 10.4. The van der Waals surface area contributed by atoms with Crippen molar-refractivity contribution < 1.29 is 14.6 Å². The topological polar surface area (TPSA) is 50.7 Å². The first-order valence-electron chi connectivity index (χ1n) is 8.29. The molecule has 0 heterocycles. The zero-order chi connectivity index (χ0) is 17.5.